The number of nitrogens with zero attached hydrogens (tertiary/aromatic N) is 20. The highest BCUT2D eigenvalue weighted by Gasteiger charge is 2.20. The fourth-order valence-corrected chi connectivity index (χ4v) is 11.9. The van der Waals surface area contributed by atoms with Gasteiger partial charge in [-0.15, -0.1) is 20.4 Å². The molecule has 43 nitrogen and oxygen atoms in total. The number of benzene rings is 6. The lowest BCUT2D eigenvalue weighted by atomic mass is 10.2. The lowest BCUT2D eigenvalue weighted by molar-refractivity contribution is 0.596. The standard InChI is InChI=1S/2C19H18FN9O2S.C14H17N9O2S.C12H11ClN8O2S/c20-13-3-1-2-12(8-13)10-23-16-9-17(25-11-24-16)29-18(21)27-19(28-29)26-14-4-6-15(7-5-14)32(22,30)31;20-15-4-2-1-3-12(15)10-23-16-9-17(25-11-24-16)29-18(21)27-19(28-29)26-13-5-7-14(8-6-13)32(22,30)31;1-8-11(17-2)18-7-19-12(8)23-13(15)21-14(22-23)20-9-3-5-10(6-4-9)26(16,24)25;13-9-5-10(17-6-16-9)21-11(14)19-12(20-21)18-7-1-3-8(4-2-7)24(15,22)23/h2*1-9,11H,10H2,(H2,22,30,31)(H,23,24,25)(H3,21,26,27,28);3-7H,1-2H3,(H2,16,24,25)(H,17,18,19)(H3,15,20,21,22);1-6H,(H2,15,22,23)(H3,14,18,19,20). The van der Waals surface area contributed by atoms with Gasteiger partial charge in [0, 0.05) is 72.2 Å². The van der Waals surface area contributed by atoms with Crippen molar-refractivity contribution in [3.8, 4) is 23.3 Å². The van der Waals surface area contributed by atoms with Gasteiger partial charge in [0.05, 0.1) is 19.6 Å². The van der Waals surface area contributed by atoms with Crippen LogP contribution in [0.1, 0.15) is 16.7 Å². The zero-order chi connectivity index (χ0) is 81.7. The summed E-state index contributed by atoms with van der Waals surface area (Å²) in [4.78, 5) is 49.1. The molecule has 0 saturated carbocycles. The molecular weight excluding hydrogens is 1590 g/mol. The van der Waals surface area contributed by atoms with E-state index >= 15 is 0 Å². The zero-order valence-electron chi connectivity index (χ0n) is 58.9. The van der Waals surface area contributed by atoms with E-state index in [-0.39, 0.29) is 90.5 Å². The largest absolute Gasteiger partial charge is 0.373 e. The predicted octanol–water partition coefficient (Wildman–Crippen LogP) is 4.63. The summed E-state index contributed by atoms with van der Waals surface area (Å²) in [5, 5.41) is 58.3. The maximum Gasteiger partial charge on any atom is 0.248 e. The van der Waals surface area contributed by atoms with E-state index < -0.39 is 40.1 Å². The summed E-state index contributed by atoms with van der Waals surface area (Å²) in [5.74, 6) is 3.66. The fraction of sp³-hybridized carbons (Fsp3) is 0.0625. The minimum absolute atomic E-state index is 0.00156. The van der Waals surface area contributed by atoms with Crippen molar-refractivity contribution < 1.29 is 42.5 Å². The number of aromatic nitrogens is 20. The van der Waals surface area contributed by atoms with E-state index in [0.717, 1.165) is 11.1 Å². The molecule has 0 aliphatic rings. The van der Waals surface area contributed by atoms with Gasteiger partial charge in [-0.1, -0.05) is 41.9 Å². The molecule has 0 unspecified atom stereocenters. The molecule has 0 aliphatic carbocycles. The van der Waals surface area contributed by atoms with E-state index in [1.165, 1.54) is 153 Å². The lowest BCUT2D eigenvalue weighted by Crippen LogP contribution is -2.11. The van der Waals surface area contributed by atoms with E-state index in [2.05, 4.69) is 117 Å². The van der Waals surface area contributed by atoms with Crippen molar-refractivity contribution in [1.29, 1.82) is 0 Å². The van der Waals surface area contributed by atoms with Crippen molar-refractivity contribution in [2.24, 2.45) is 20.6 Å². The maximum absolute atomic E-state index is 13.8. The number of nitrogens with two attached hydrogens (primary N) is 8. The molecule has 0 radical (unpaired) electrons. The molecule has 0 spiro atoms. The third-order valence-electron chi connectivity index (χ3n) is 15.1. The quantitative estimate of drug-likeness (QED) is 0.0388. The molecule has 23 N–H and O–H groups in total. The topological polar surface area (TPSA) is 655 Å². The van der Waals surface area contributed by atoms with Crippen LogP contribution in [-0.2, 0) is 53.2 Å². The molecule has 0 saturated heterocycles. The first-order chi connectivity index (χ1) is 54.2. The van der Waals surface area contributed by atoms with Crippen LogP contribution in [0.15, 0.2) is 209 Å². The van der Waals surface area contributed by atoms with Crippen LogP contribution in [0.2, 0.25) is 5.15 Å². The molecule has 0 fully saturated rings. The molecule has 0 aliphatic heterocycles. The molecule has 14 rings (SSSR count). The van der Waals surface area contributed by atoms with Crippen LogP contribution in [0.25, 0.3) is 23.3 Å². The monoisotopic (exact) mass is 1650 g/mol. The van der Waals surface area contributed by atoms with Gasteiger partial charge in [-0.25, -0.2) is 103 Å². The van der Waals surface area contributed by atoms with Crippen molar-refractivity contribution in [2.45, 2.75) is 39.6 Å². The second-order valence-electron chi connectivity index (χ2n) is 23.2. The van der Waals surface area contributed by atoms with Gasteiger partial charge in [0.1, 0.15) is 59.6 Å². The number of nitrogens with one attached hydrogen (secondary N) is 7. The number of hydrogen-bond acceptors (Lipinski definition) is 35. The predicted molar refractivity (Wildman–Crippen MR) is 417 cm³/mol. The van der Waals surface area contributed by atoms with Crippen LogP contribution in [0, 0.1) is 18.6 Å². The van der Waals surface area contributed by atoms with Gasteiger partial charge < -0.3 is 60.2 Å². The molecule has 14 aromatic rings. The molecule has 114 heavy (non-hydrogen) atoms. The number of hydrogen-bond donors (Lipinski definition) is 15. The number of anilines is 15. The van der Waals surface area contributed by atoms with Gasteiger partial charge in [0.15, 0.2) is 23.3 Å². The van der Waals surface area contributed by atoms with Gasteiger partial charge >= 0.3 is 0 Å². The lowest BCUT2D eigenvalue weighted by Gasteiger charge is -2.08. The van der Waals surface area contributed by atoms with Gasteiger partial charge in [-0.3, -0.25) is 0 Å². The van der Waals surface area contributed by atoms with E-state index in [9.17, 15) is 42.5 Å². The van der Waals surface area contributed by atoms with Crippen molar-refractivity contribution in [3.05, 3.63) is 223 Å². The first kappa shape index (κ1) is 80.8. The first-order valence-corrected chi connectivity index (χ1v) is 38.8. The Morgan fingerprint density at radius 2 is 0.763 bits per heavy atom. The fourth-order valence-electron chi connectivity index (χ4n) is 9.73. The number of rotatable bonds is 23. The van der Waals surface area contributed by atoms with Crippen molar-refractivity contribution in [2.75, 3.05) is 67.2 Å². The SMILES string of the molecule is CNc1ncnc(-n2nc(Nc3ccc(S(N)(=O)=O)cc3)nc2N)c1C.Nc1nc(Nc2ccc(S(N)(=O)=O)cc2)nn1-c1cc(Cl)ncn1.Nc1nc(Nc2ccc(S(N)(=O)=O)cc2)nn1-c1cc(NCc2cccc(F)c2)ncn1.Nc1nc(Nc2ccc(S(N)(=O)=O)cc2)nn1-c1cc(NCc2ccccc2F)ncn1. The third kappa shape index (κ3) is 21.4. The second-order valence-corrected chi connectivity index (χ2v) is 29.8. The smallest absolute Gasteiger partial charge is 0.248 e. The van der Waals surface area contributed by atoms with E-state index in [1.807, 2.05) is 6.92 Å². The van der Waals surface area contributed by atoms with Gasteiger partial charge in [0.2, 0.25) is 87.7 Å². The van der Waals surface area contributed by atoms with Crippen molar-refractivity contribution in [1.82, 2.24) is 98.9 Å². The van der Waals surface area contributed by atoms with Crippen molar-refractivity contribution >= 4 is 139 Å². The molecule has 0 atom stereocenters. The van der Waals surface area contributed by atoms with Crippen molar-refractivity contribution in [3.63, 3.8) is 0 Å². The number of nitrogen functional groups attached to an aromatic ring is 4. The molecule has 0 amide bonds. The van der Waals surface area contributed by atoms with Gasteiger partial charge in [-0.05, 0) is 128 Å². The molecule has 8 heterocycles. The van der Waals surface area contributed by atoms with Gasteiger partial charge in [0.25, 0.3) is 0 Å². The number of sulfonamides is 4. The average molecular weight is 1650 g/mol. The highest BCUT2D eigenvalue weighted by molar-refractivity contribution is 7.90. The second kappa shape index (κ2) is 34.8. The van der Waals surface area contributed by atoms with Crippen LogP contribution in [-0.4, -0.2) is 140 Å². The molecular formula is C64H64ClF2N35O8S4. The van der Waals surface area contributed by atoms with Crippen LogP contribution < -0.4 is 80.7 Å². The Labute approximate surface area is 650 Å². The summed E-state index contributed by atoms with van der Waals surface area (Å²) in [5.41, 5.74) is 27.9. The highest BCUT2D eigenvalue weighted by atomic mass is 35.5. The molecule has 50 heteroatoms. The zero-order valence-corrected chi connectivity index (χ0v) is 62.9. The Balaban J connectivity index is 0.000000151. The Morgan fingerprint density at radius 3 is 1.14 bits per heavy atom. The Bertz CT molecular complexity index is 6260. The third-order valence-corrected chi connectivity index (χ3v) is 19.1. The summed E-state index contributed by atoms with van der Waals surface area (Å²) < 4.78 is 123. The Morgan fingerprint density at radius 1 is 0.404 bits per heavy atom. The van der Waals surface area contributed by atoms with Gasteiger partial charge in [-0.2, -0.15) is 38.7 Å². The highest BCUT2D eigenvalue weighted by Crippen LogP contribution is 2.27. The van der Waals surface area contributed by atoms with E-state index in [0.29, 0.717) is 75.6 Å². The van der Waals surface area contributed by atoms with E-state index in [1.54, 1.807) is 61.6 Å². The van der Waals surface area contributed by atoms with Crippen LogP contribution in [0.4, 0.5) is 96.6 Å². The molecule has 8 aromatic heterocycles. The number of primary sulfonamides is 4. The Kier molecular flexibility index (Phi) is 24.7. The molecule has 0 bridgehead atoms. The summed E-state index contributed by atoms with van der Waals surface area (Å²) in [6.45, 7) is 2.43. The summed E-state index contributed by atoms with van der Waals surface area (Å²) >= 11 is 5.81. The Hall–Kier alpha value is -14.2. The van der Waals surface area contributed by atoms with Crippen LogP contribution >= 0.6 is 11.6 Å². The minimum atomic E-state index is -3.78. The van der Waals surface area contributed by atoms with E-state index in [4.69, 9.17) is 55.1 Å². The van der Waals surface area contributed by atoms with Crippen LogP contribution in [0.3, 0.4) is 0 Å². The summed E-state index contributed by atoms with van der Waals surface area (Å²) in [7, 11) is -13.3. The number of halogens is 3. The minimum Gasteiger partial charge on any atom is -0.373 e. The maximum atomic E-state index is 13.8. The van der Waals surface area contributed by atoms with Crippen LogP contribution in [0.5, 0.6) is 0 Å². The molecule has 6 aromatic carbocycles. The average Bonchev–Trinajstić information content (AvgIpc) is 1.94. The summed E-state index contributed by atoms with van der Waals surface area (Å²) in [6, 6.07) is 40.5. The molecule has 588 valence electrons. The normalized spacial score (nSPS) is 11.3. The summed E-state index contributed by atoms with van der Waals surface area (Å²) in [6.07, 6.45) is 5.33. The first-order valence-electron chi connectivity index (χ1n) is 32.3.